The Hall–Kier alpha value is -1.48. The van der Waals surface area contributed by atoms with Gasteiger partial charge in [0, 0.05) is 15.9 Å². The molecule has 0 unspecified atom stereocenters. The summed E-state index contributed by atoms with van der Waals surface area (Å²) in [6.45, 7) is 7.43. The number of ether oxygens (including phenoxy) is 2. The summed E-state index contributed by atoms with van der Waals surface area (Å²) >= 11 is 2.22. The van der Waals surface area contributed by atoms with Crippen LogP contribution in [0.5, 0.6) is 0 Å². The summed E-state index contributed by atoms with van der Waals surface area (Å²) in [6, 6.07) is 7.74. The van der Waals surface area contributed by atoms with E-state index in [0.717, 1.165) is 54.1 Å². The van der Waals surface area contributed by atoms with Gasteiger partial charge in [0.25, 0.3) is 0 Å². The first-order valence-corrected chi connectivity index (χ1v) is 15.3. The van der Waals surface area contributed by atoms with E-state index in [1.807, 2.05) is 24.3 Å². The van der Waals surface area contributed by atoms with Gasteiger partial charge in [-0.2, -0.15) is 0 Å². The first kappa shape index (κ1) is 28.1. The summed E-state index contributed by atoms with van der Waals surface area (Å²) in [6.07, 6.45) is 6.51. The molecule has 1 N–H and O–H groups in total. The molecule has 0 spiro atoms. The molecule has 7 heteroatoms. The Morgan fingerprint density at radius 3 is 2.45 bits per heavy atom. The lowest BCUT2D eigenvalue weighted by Crippen LogP contribution is -2.61. The van der Waals surface area contributed by atoms with Crippen molar-refractivity contribution in [1.82, 2.24) is 0 Å². The van der Waals surface area contributed by atoms with E-state index in [0.29, 0.717) is 24.2 Å². The number of aliphatic hydroxyl groups is 1. The van der Waals surface area contributed by atoms with E-state index >= 15 is 0 Å². The Morgan fingerprint density at radius 2 is 1.76 bits per heavy atom. The second-order valence-electron chi connectivity index (χ2n) is 13.0. The van der Waals surface area contributed by atoms with Crippen LogP contribution in [0.3, 0.4) is 0 Å². The minimum Gasteiger partial charge on any atom is -0.463 e. The number of Topliss-reactive ketones (excluding diaryl/α,β-unsaturated/α-hetero) is 1. The van der Waals surface area contributed by atoms with Gasteiger partial charge in [0.2, 0.25) is 0 Å². The number of rotatable bonds is 5. The Balaban J connectivity index is 1.37. The van der Waals surface area contributed by atoms with E-state index in [4.69, 9.17) is 9.47 Å². The van der Waals surface area contributed by atoms with Crippen molar-refractivity contribution in [3.8, 4) is 0 Å². The number of carbonyl (C=O) groups excluding carboxylic acids is 3. The van der Waals surface area contributed by atoms with Crippen molar-refractivity contribution in [3.63, 3.8) is 0 Å². The second-order valence-corrected chi connectivity index (χ2v) is 14.2. The summed E-state index contributed by atoms with van der Waals surface area (Å²) in [7, 11) is 0. The molecule has 0 amide bonds. The SMILES string of the molecule is CC(=O)O[C@H]1CC[C@@]2(C)[C@@H](CC[C@H]3[C@H]2CC[C@]2(C)[C@@H]3C[C@H](OC(=O)Cc3cccc(I)c3)[C@@]2(O)C(C)=O)C1. The van der Waals surface area contributed by atoms with E-state index in [1.165, 1.54) is 13.8 Å². The van der Waals surface area contributed by atoms with Gasteiger partial charge in [-0.25, -0.2) is 0 Å². The largest absolute Gasteiger partial charge is 0.463 e. The lowest BCUT2D eigenvalue weighted by Gasteiger charge is -2.61. The van der Waals surface area contributed by atoms with Gasteiger partial charge in [-0.1, -0.05) is 26.0 Å². The number of halogens is 1. The van der Waals surface area contributed by atoms with Crippen LogP contribution in [0.15, 0.2) is 24.3 Å². The zero-order chi connectivity index (χ0) is 27.5. The van der Waals surface area contributed by atoms with E-state index < -0.39 is 23.1 Å². The van der Waals surface area contributed by atoms with Gasteiger partial charge in [-0.3, -0.25) is 14.4 Å². The first-order chi connectivity index (χ1) is 17.9. The molecule has 4 aliphatic carbocycles. The van der Waals surface area contributed by atoms with Gasteiger partial charge >= 0.3 is 11.9 Å². The van der Waals surface area contributed by atoms with Gasteiger partial charge in [0.1, 0.15) is 12.2 Å². The highest BCUT2D eigenvalue weighted by Gasteiger charge is 2.70. The molecule has 0 saturated heterocycles. The van der Waals surface area contributed by atoms with Gasteiger partial charge in [-0.15, -0.1) is 0 Å². The second kappa shape index (κ2) is 10.2. The van der Waals surface area contributed by atoms with Gasteiger partial charge in [0.05, 0.1) is 6.42 Å². The maximum absolute atomic E-state index is 13.1. The number of hydrogen-bond donors (Lipinski definition) is 1. The van der Waals surface area contributed by atoms with Crippen LogP contribution < -0.4 is 0 Å². The summed E-state index contributed by atoms with van der Waals surface area (Å²) < 4.78 is 12.6. The fraction of sp³-hybridized carbons (Fsp3) is 0.710. The van der Waals surface area contributed by atoms with Crippen molar-refractivity contribution in [3.05, 3.63) is 33.4 Å². The average Bonchev–Trinajstić information content (AvgIpc) is 3.06. The quantitative estimate of drug-likeness (QED) is 0.332. The van der Waals surface area contributed by atoms with E-state index in [-0.39, 0.29) is 35.6 Å². The minimum absolute atomic E-state index is 0.0157. The molecular formula is C31H41IO6. The van der Waals surface area contributed by atoms with Gasteiger partial charge < -0.3 is 14.6 Å². The summed E-state index contributed by atoms with van der Waals surface area (Å²) in [4.78, 5) is 37.7. The Bertz CT molecular complexity index is 1120. The van der Waals surface area contributed by atoms with Crippen LogP contribution in [-0.4, -0.2) is 40.6 Å². The lowest BCUT2D eigenvalue weighted by molar-refractivity contribution is -0.191. The van der Waals surface area contributed by atoms with Crippen LogP contribution in [0, 0.1) is 38.1 Å². The first-order valence-electron chi connectivity index (χ1n) is 14.2. The molecule has 4 fully saturated rings. The average molecular weight is 637 g/mol. The third kappa shape index (κ3) is 4.53. The number of esters is 2. The van der Waals surface area contributed by atoms with Crippen molar-refractivity contribution in [2.75, 3.05) is 0 Å². The number of ketones is 1. The zero-order valence-corrected chi connectivity index (χ0v) is 25.2. The lowest BCUT2D eigenvalue weighted by atomic mass is 9.44. The van der Waals surface area contributed by atoms with Gasteiger partial charge in [-0.05, 0) is 128 Å². The summed E-state index contributed by atoms with van der Waals surface area (Å²) in [5.74, 6) is 0.624. The third-order valence-corrected chi connectivity index (χ3v) is 11.9. The van der Waals surface area contributed by atoms with Crippen LogP contribution in [0.1, 0.15) is 84.6 Å². The molecule has 0 aromatic heterocycles. The molecule has 4 saturated carbocycles. The van der Waals surface area contributed by atoms with Crippen LogP contribution in [0.25, 0.3) is 0 Å². The predicted octanol–water partition coefficient (Wildman–Crippen LogP) is 5.65. The molecule has 208 valence electrons. The Labute approximate surface area is 239 Å². The molecule has 9 atom stereocenters. The molecule has 0 radical (unpaired) electrons. The van der Waals surface area contributed by atoms with Crippen molar-refractivity contribution in [2.45, 2.75) is 103 Å². The molecule has 6 nitrogen and oxygen atoms in total. The highest BCUT2D eigenvalue weighted by atomic mass is 127. The highest BCUT2D eigenvalue weighted by molar-refractivity contribution is 14.1. The molecule has 1 aromatic rings. The number of carbonyl (C=O) groups is 3. The molecule has 4 aliphatic rings. The van der Waals surface area contributed by atoms with Crippen molar-refractivity contribution in [2.24, 2.45) is 34.5 Å². The van der Waals surface area contributed by atoms with E-state index in [2.05, 4.69) is 36.4 Å². The van der Waals surface area contributed by atoms with Gasteiger partial charge in [0.15, 0.2) is 11.4 Å². The minimum atomic E-state index is -1.67. The number of fused-ring (bicyclic) bond motifs is 5. The maximum atomic E-state index is 13.1. The molecular weight excluding hydrogens is 595 g/mol. The van der Waals surface area contributed by atoms with Crippen LogP contribution >= 0.6 is 22.6 Å². The number of hydrogen-bond acceptors (Lipinski definition) is 6. The molecule has 0 bridgehead atoms. The van der Waals surface area contributed by atoms with Crippen molar-refractivity contribution >= 4 is 40.3 Å². The van der Waals surface area contributed by atoms with E-state index in [1.54, 1.807) is 0 Å². The zero-order valence-electron chi connectivity index (χ0n) is 23.0. The smallest absolute Gasteiger partial charge is 0.310 e. The standard InChI is InChI=1S/C31H41IO6/c1-18(33)31(36)27(38-28(35)15-20-6-5-7-22(32)14-20)17-26-24-9-8-21-16-23(37-19(2)34)10-12-29(21,3)25(24)11-13-30(26,31)4/h5-7,14,21,23-27,36H,8-13,15-17H2,1-4H3/t21-,23-,24-,25+,26+,27-,29-,30+,31-/m0/s1. The molecule has 5 rings (SSSR count). The topological polar surface area (TPSA) is 89.9 Å². The highest BCUT2D eigenvalue weighted by Crippen LogP contribution is 2.68. The fourth-order valence-electron chi connectivity index (χ4n) is 9.33. The predicted molar refractivity (Wildman–Crippen MR) is 151 cm³/mol. The van der Waals surface area contributed by atoms with E-state index in [9.17, 15) is 19.5 Å². The molecule has 0 aliphatic heterocycles. The normalized spacial score (nSPS) is 41.8. The van der Waals surface area contributed by atoms with Crippen molar-refractivity contribution < 1.29 is 29.0 Å². The fourth-order valence-corrected chi connectivity index (χ4v) is 9.94. The maximum Gasteiger partial charge on any atom is 0.310 e. The molecule has 1 aromatic carbocycles. The van der Waals surface area contributed by atoms with Crippen LogP contribution in [0.4, 0.5) is 0 Å². The third-order valence-electron chi connectivity index (χ3n) is 11.2. The van der Waals surface area contributed by atoms with Crippen LogP contribution in [0.2, 0.25) is 0 Å². The van der Waals surface area contributed by atoms with Crippen molar-refractivity contribution in [1.29, 1.82) is 0 Å². The number of benzene rings is 1. The summed E-state index contributed by atoms with van der Waals surface area (Å²) in [5, 5.41) is 12.1. The Morgan fingerprint density at radius 1 is 1.00 bits per heavy atom. The van der Waals surface area contributed by atoms with Crippen LogP contribution in [-0.2, 0) is 30.3 Å². The molecule has 38 heavy (non-hydrogen) atoms. The monoisotopic (exact) mass is 636 g/mol. The summed E-state index contributed by atoms with van der Waals surface area (Å²) in [5.41, 5.74) is -1.26. The Kier molecular flexibility index (Phi) is 7.51. The molecule has 0 heterocycles.